The molecule has 1 fully saturated rings. The average molecular weight is 305 g/mol. The molecule has 0 radical (unpaired) electrons. The fourth-order valence-electron chi connectivity index (χ4n) is 2.45. The van der Waals surface area contributed by atoms with Crippen molar-refractivity contribution in [2.75, 3.05) is 13.1 Å². The molecule has 7 nitrogen and oxygen atoms in total. The molecule has 118 valence electrons. The lowest BCUT2D eigenvalue weighted by molar-refractivity contribution is -0.143. The average Bonchev–Trinajstić information content (AvgIpc) is 2.90. The number of imide groups is 2. The van der Waals surface area contributed by atoms with Crippen LogP contribution in [0.2, 0.25) is 0 Å². The Morgan fingerprint density at radius 3 is 2.32 bits per heavy atom. The Balaban J connectivity index is 2.14. The quantitative estimate of drug-likeness (QED) is 0.488. The van der Waals surface area contributed by atoms with Crippen molar-refractivity contribution in [2.45, 2.75) is 33.6 Å². The van der Waals surface area contributed by atoms with Gasteiger partial charge in [0.15, 0.2) is 5.78 Å². The topological polar surface area (TPSA) is 90.6 Å². The lowest BCUT2D eigenvalue weighted by atomic mass is 10.1. The van der Waals surface area contributed by atoms with E-state index in [9.17, 15) is 19.2 Å². The standard InChI is InChI=1S/C15H19N3O4/c1-4-5-6-17-13(20)14(21)18(15(17)22)8-12(19)11-7-9(2)16-10(11)3/h7,16H,4-6,8H2,1-3H3. The Hall–Kier alpha value is -2.44. The summed E-state index contributed by atoms with van der Waals surface area (Å²) in [6, 6.07) is 0.959. The van der Waals surface area contributed by atoms with Gasteiger partial charge in [-0.15, -0.1) is 0 Å². The summed E-state index contributed by atoms with van der Waals surface area (Å²) < 4.78 is 0. The highest BCUT2D eigenvalue weighted by molar-refractivity contribution is 6.45. The molecule has 1 aromatic heterocycles. The number of hydrogen-bond donors (Lipinski definition) is 1. The summed E-state index contributed by atoms with van der Waals surface area (Å²) in [7, 11) is 0. The van der Waals surface area contributed by atoms with E-state index in [-0.39, 0.29) is 12.3 Å². The summed E-state index contributed by atoms with van der Waals surface area (Å²) >= 11 is 0. The lowest BCUT2D eigenvalue weighted by Gasteiger charge is -2.14. The number of aryl methyl sites for hydroxylation is 2. The molecule has 1 aromatic rings. The van der Waals surface area contributed by atoms with Crippen molar-refractivity contribution in [1.82, 2.24) is 14.8 Å². The van der Waals surface area contributed by atoms with Crippen LogP contribution in [0.1, 0.15) is 41.5 Å². The first-order valence-electron chi connectivity index (χ1n) is 7.23. The van der Waals surface area contributed by atoms with E-state index in [1.807, 2.05) is 13.8 Å². The van der Waals surface area contributed by atoms with E-state index >= 15 is 0 Å². The fourth-order valence-corrected chi connectivity index (χ4v) is 2.45. The number of carbonyl (C=O) groups is 4. The monoisotopic (exact) mass is 305 g/mol. The van der Waals surface area contributed by atoms with E-state index in [1.54, 1.807) is 13.0 Å². The lowest BCUT2D eigenvalue weighted by Crippen LogP contribution is -2.37. The molecule has 22 heavy (non-hydrogen) atoms. The molecule has 1 N–H and O–H groups in total. The maximum Gasteiger partial charge on any atom is 0.334 e. The van der Waals surface area contributed by atoms with Crippen LogP contribution in [0.5, 0.6) is 0 Å². The van der Waals surface area contributed by atoms with Crippen LogP contribution in [0.3, 0.4) is 0 Å². The molecule has 0 spiro atoms. The van der Waals surface area contributed by atoms with Crippen LogP contribution in [0.4, 0.5) is 4.79 Å². The minimum atomic E-state index is -0.931. The van der Waals surface area contributed by atoms with Crippen LogP contribution in [0.15, 0.2) is 6.07 Å². The maximum absolute atomic E-state index is 12.3. The van der Waals surface area contributed by atoms with Gasteiger partial charge in [0.1, 0.15) is 0 Å². The normalized spacial score (nSPS) is 15.1. The van der Waals surface area contributed by atoms with E-state index in [0.29, 0.717) is 17.7 Å². The zero-order chi connectivity index (χ0) is 16.4. The van der Waals surface area contributed by atoms with Crippen molar-refractivity contribution >= 4 is 23.6 Å². The summed E-state index contributed by atoms with van der Waals surface area (Å²) in [5, 5.41) is 0. The number of unbranched alkanes of at least 4 members (excludes halogenated alkanes) is 1. The molecular weight excluding hydrogens is 286 g/mol. The number of Topliss-reactive ketones (excluding diaryl/α,β-unsaturated/α-hetero) is 1. The first-order chi connectivity index (χ1) is 10.4. The number of ketones is 1. The number of aromatic amines is 1. The van der Waals surface area contributed by atoms with E-state index in [0.717, 1.165) is 21.9 Å². The third-order valence-corrected chi connectivity index (χ3v) is 3.62. The largest absolute Gasteiger partial charge is 0.362 e. The molecular formula is C15H19N3O4. The SMILES string of the molecule is CCCCN1C(=O)C(=O)N(CC(=O)c2cc(C)[nH]c2C)C1=O. The second kappa shape index (κ2) is 6.13. The Morgan fingerprint density at radius 1 is 1.14 bits per heavy atom. The van der Waals surface area contributed by atoms with Gasteiger partial charge in [0.2, 0.25) is 0 Å². The van der Waals surface area contributed by atoms with Gasteiger partial charge in [0.05, 0.1) is 6.54 Å². The van der Waals surface area contributed by atoms with Crippen LogP contribution in [0.25, 0.3) is 0 Å². The molecule has 1 aliphatic rings. The molecule has 7 heteroatoms. The van der Waals surface area contributed by atoms with Gasteiger partial charge in [-0.2, -0.15) is 0 Å². The van der Waals surface area contributed by atoms with Gasteiger partial charge < -0.3 is 4.98 Å². The van der Waals surface area contributed by atoms with Crippen molar-refractivity contribution in [2.24, 2.45) is 0 Å². The molecule has 1 aliphatic heterocycles. The zero-order valence-electron chi connectivity index (χ0n) is 12.9. The van der Waals surface area contributed by atoms with Gasteiger partial charge in [-0.25, -0.2) is 9.69 Å². The first-order valence-corrected chi connectivity index (χ1v) is 7.23. The summed E-state index contributed by atoms with van der Waals surface area (Å²) in [4.78, 5) is 52.7. The van der Waals surface area contributed by atoms with Gasteiger partial charge >= 0.3 is 17.8 Å². The molecule has 1 saturated heterocycles. The molecule has 0 aliphatic carbocycles. The summed E-state index contributed by atoms with van der Waals surface area (Å²) in [6.07, 6.45) is 1.43. The van der Waals surface area contributed by atoms with Crippen molar-refractivity contribution < 1.29 is 19.2 Å². The highest BCUT2D eigenvalue weighted by Crippen LogP contribution is 2.16. The Kier molecular flexibility index (Phi) is 4.44. The van der Waals surface area contributed by atoms with E-state index < -0.39 is 24.4 Å². The van der Waals surface area contributed by atoms with Crippen LogP contribution in [-0.2, 0) is 9.59 Å². The van der Waals surface area contributed by atoms with Crippen molar-refractivity contribution in [3.05, 3.63) is 23.0 Å². The first kappa shape index (κ1) is 15.9. The smallest absolute Gasteiger partial charge is 0.334 e. The van der Waals surface area contributed by atoms with E-state index in [4.69, 9.17) is 0 Å². The molecule has 0 unspecified atom stereocenters. The van der Waals surface area contributed by atoms with Crippen LogP contribution >= 0.6 is 0 Å². The third kappa shape index (κ3) is 2.79. The molecule has 0 atom stereocenters. The summed E-state index contributed by atoms with van der Waals surface area (Å²) in [5.41, 5.74) is 1.92. The van der Waals surface area contributed by atoms with Crippen molar-refractivity contribution in [3.63, 3.8) is 0 Å². The number of nitrogens with one attached hydrogen (secondary N) is 1. The molecule has 2 rings (SSSR count). The number of hydrogen-bond acceptors (Lipinski definition) is 4. The molecule has 0 aromatic carbocycles. The predicted molar refractivity (Wildman–Crippen MR) is 78.3 cm³/mol. The summed E-state index contributed by atoms with van der Waals surface area (Å²) in [6.45, 7) is 5.26. The van der Waals surface area contributed by atoms with Gasteiger partial charge in [-0.3, -0.25) is 19.3 Å². The number of urea groups is 1. The predicted octanol–water partition coefficient (Wildman–Crippen LogP) is 1.41. The molecule has 4 amide bonds. The zero-order valence-corrected chi connectivity index (χ0v) is 12.9. The highest BCUT2D eigenvalue weighted by Gasteiger charge is 2.44. The van der Waals surface area contributed by atoms with Crippen LogP contribution in [0, 0.1) is 13.8 Å². The van der Waals surface area contributed by atoms with Gasteiger partial charge in [0, 0.05) is 23.5 Å². The molecule has 0 bridgehead atoms. The van der Waals surface area contributed by atoms with Crippen LogP contribution < -0.4 is 0 Å². The fraction of sp³-hybridized carbons (Fsp3) is 0.467. The number of carbonyl (C=O) groups excluding carboxylic acids is 4. The number of H-pyrrole nitrogens is 1. The molecule has 2 heterocycles. The van der Waals surface area contributed by atoms with E-state index in [2.05, 4.69) is 4.98 Å². The second-order valence-corrected chi connectivity index (χ2v) is 5.40. The number of amides is 4. The van der Waals surface area contributed by atoms with Crippen LogP contribution in [-0.4, -0.2) is 51.5 Å². The number of nitrogens with zero attached hydrogens (tertiary/aromatic N) is 2. The minimum Gasteiger partial charge on any atom is -0.362 e. The number of rotatable bonds is 6. The molecule has 0 saturated carbocycles. The minimum absolute atomic E-state index is 0.201. The maximum atomic E-state index is 12.3. The summed E-state index contributed by atoms with van der Waals surface area (Å²) in [5.74, 6) is -2.15. The third-order valence-electron chi connectivity index (χ3n) is 3.62. The highest BCUT2D eigenvalue weighted by atomic mass is 16.2. The van der Waals surface area contributed by atoms with Crippen molar-refractivity contribution in [3.8, 4) is 0 Å². The van der Waals surface area contributed by atoms with Crippen molar-refractivity contribution in [1.29, 1.82) is 0 Å². The number of aromatic nitrogens is 1. The van der Waals surface area contributed by atoms with Gasteiger partial charge in [-0.1, -0.05) is 13.3 Å². The Morgan fingerprint density at radius 2 is 1.77 bits per heavy atom. The Bertz CT molecular complexity index is 647. The second-order valence-electron chi connectivity index (χ2n) is 5.40. The van der Waals surface area contributed by atoms with Gasteiger partial charge in [0.25, 0.3) is 0 Å². The van der Waals surface area contributed by atoms with E-state index in [1.165, 1.54) is 0 Å². The van der Waals surface area contributed by atoms with Gasteiger partial charge in [-0.05, 0) is 26.3 Å². The Labute approximate surface area is 128 Å².